The summed E-state index contributed by atoms with van der Waals surface area (Å²) in [5, 5.41) is 9.54. The molecule has 57 heavy (non-hydrogen) atoms. The third-order valence-corrected chi connectivity index (χ3v) is 11.9. The molecular formula is C54H34N2O. The summed E-state index contributed by atoms with van der Waals surface area (Å²) in [6.45, 7) is 0. The third kappa shape index (κ3) is 5.20. The fourth-order valence-corrected chi connectivity index (χ4v) is 9.20. The van der Waals surface area contributed by atoms with Gasteiger partial charge in [0.2, 0.25) is 0 Å². The first-order valence-corrected chi connectivity index (χ1v) is 19.7. The molecule has 0 saturated heterocycles. The normalized spacial score (nSPS) is 13.8. The van der Waals surface area contributed by atoms with Gasteiger partial charge < -0.3 is 4.42 Å². The summed E-state index contributed by atoms with van der Waals surface area (Å²) >= 11 is 0. The molecule has 2 aliphatic rings. The van der Waals surface area contributed by atoms with Gasteiger partial charge in [-0.2, -0.15) is 0 Å². The summed E-state index contributed by atoms with van der Waals surface area (Å²) in [5.41, 5.74) is 14.3. The Balaban J connectivity index is 1.08. The fraction of sp³-hybridized carbons (Fsp3) is 0.0370. The number of hydrogen-bond donors (Lipinski definition) is 0. The van der Waals surface area contributed by atoms with E-state index in [-0.39, 0.29) is 0 Å². The highest BCUT2D eigenvalue weighted by atomic mass is 16.3. The van der Waals surface area contributed by atoms with Gasteiger partial charge in [-0.3, -0.25) is 0 Å². The lowest BCUT2D eigenvalue weighted by molar-refractivity contribution is 0.669. The van der Waals surface area contributed by atoms with Gasteiger partial charge in [-0.15, -0.1) is 0 Å². The minimum atomic E-state index is 0.649. The number of rotatable bonds is 4. The molecule has 1 aromatic heterocycles. The topological polar surface area (TPSA) is 37.9 Å². The van der Waals surface area contributed by atoms with E-state index in [1.165, 1.54) is 60.1 Å². The van der Waals surface area contributed by atoms with Crippen LogP contribution in [0.5, 0.6) is 0 Å². The molecular weight excluding hydrogens is 693 g/mol. The second-order valence-electron chi connectivity index (χ2n) is 15.2. The smallest absolute Gasteiger partial charge is 0.160 e. The van der Waals surface area contributed by atoms with Crippen LogP contribution in [0.3, 0.4) is 0 Å². The zero-order valence-electron chi connectivity index (χ0n) is 31.0. The first-order chi connectivity index (χ1) is 28.2. The first kappa shape index (κ1) is 31.9. The summed E-state index contributed by atoms with van der Waals surface area (Å²) in [7, 11) is 0. The number of hydrogen-bond acceptors (Lipinski definition) is 3. The number of para-hydroxylation sites is 1. The Bertz CT molecular complexity index is 3400. The summed E-state index contributed by atoms with van der Waals surface area (Å²) in [5.74, 6) is 0.678. The molecule has 1 aliphatic heterocycles. The van der Waals surface area contributed by atoms with Crippen LogP contribution in [0, 0.1) is 0 Å². The molecule has 10 aromatic rings. The maximum absolute atomic E-state index is 6.70. The monoisotopic (exact) mass is 726 g/mol. The van der Waals surface area contributed by atoms with Crippen LogP contribution in [0.15, 0.2) is 196 Å². The van der Waals surface area contributed by atoms with Crippen molar-refractivity contribution in [3.05, 3.63) is 210 Å². The summed E-state index contributed by atoms with van der Waals surface area (Å²) < 4.78 is 6.70. The second-order valence-corrected chi connectivity index (χ2v) is 15.2. The molecule has 1 aliphatic carbocycles. The van der Waals surface area contributed by atoms with E-state index in [9.17, 15) is 0 Å². The molecule has 0 atom stereocenters. The second kappa shape index (κ2) is 12.6. The fourth-order valence-electron chi connectivity index (χ4n) is 9.20. The Morgan fingerprint density at radius 3 is 2.05 bits per heavy atom. The van der Waals surface area contributed by atoms with Crippen LogP contribution in [0.1, 0.15) is 34.2 Å². The number of fused-ring (bicyclic) bond motifs is 10. The first-order valence-electron chi connectivity index (χ1n) is 19.7. The molecule has 9 aromatic carbocycles. The Hall–Kier alpha value is -7.36. The highest BCUT2D eigenvalue weighted by Gasteiger charge is 2.25. The largest absolute Gasteiger partial charge is 0.456 e. The van der Waals surface area contributed by atoms with Gasteiger partial charge in [-0.1, -0.05) is 152 Å². The van der Waals surface area contributed by atoms with Crippen LogP contribution >= 0.6 is 0 Å². The van der Waals surface area contributed by atoms with Crippen LogP contribution in [0.4, 0.5) is 0 Å². The maximum Gasteiger partial charge on any atom is 0.160 e. The molecule has 0 bridgehead atoms. The van der Waals surface area contributed by atoms with Crippen molar-refractivity contribution in [2.75, 3.05) is 0 Å². The molecule has 0 radical (unpaired) electrons. The van der Waals surface area contributed by atoms with E-state index < -0.39 is 0 Å². The predicted molar refractivity (Wildman–Crippen MR) is 238 cm³/mol. The molecule has 0 N–H and O–H groups in total. The Kier molecular flexibility index (Phi) is 7.05. The maximum atomic E-state index is 6.70. The van der Waals surface area contributed by atoms with Gasteiger partial charge in [0.1, 0.15) is 11.2 Å². The predicted octanol–water partition coefficient (Wildman–Crippen LogP) is 14.0. The molecule has 266 valence electrons. The van der Waals surface area contributed by atoms with Crippen LogP contribution < -0.4 is 0 Å². The van der Waals surface area contributed by atoms with Gasteiger partial charge in [-0.25, -0.2) is 9.98 Å². The van der Waals surface area contributed by atoms with Crippen LogP contribution in [0.25, 0.3) is 82.2 Å². The SMILES string of the molecule is C1=C(c2ccc3c(ccc4ccccc43)c2)N=C(c2cc(-c3cccc4c3Cc3cc5ccccc5cc3-4)cc3oc4ccccc4c23)N=C(c2ccccc2)C1. The van der Waals surface area contributed by atoms with Gasteiger partial charge in [0.15, 0.2) is 5.84 Å². The van der Waals surface area contributed by atoms with E-state index in [2.05, 4.69) is 176 Å². The zero-order chi connectivity index (χ0) is 37.5. The van der Waals surface area contributed by atoms with E-state index in [0.717, 1.165) is 62.0 Å². The molecule has 0 saturated carbocycles. The van der Waals surface area contributed by atoms with Crippen molar-refractivity contribution in [2.45, 2.75) is 12.8 Å². The molecule has 2 heterocycles. The lowest BCUT2D eigenvalue weighted by Gasteiger charge is -2.13. The van der Waals surface area contributed by atoms with Crippen molar-refractivity contribution < 1.29 is 4.42 Å². The Morgan fingerprint density at radius 2 is 1.16 bits per heavy atom. The van der Waals surface area contributed by atoms with Crippen molar-refractivity contribution in [1.82, 2.24) is 0 Å². The van der Waals surface area contributed by atoms with Gasteiger partial charge in [0, 0.05) is 28.3 Å². The summed E-state index contributed by atoms with van der Waals surface area (Å²) in [6, 6.07) is 63.2. The molecule has 3 nitrogen and oxygen atoms in total. The van der Waals surface area contributed by atoms with Crippen LogP contribution in [-0.4, -0.2) is 11.5 Å². The average molecular weight is 727 g/mol. The molecule has 0 unspecified atom stereocenters. The average Bonchev–Trinajstić information content (AvgIpc) is 3.74. The van der Waals surface area contributed by atoms with E-state index >= 15 is 0 Å². The molecule has 12 rings (SSSR count). The molecule has 0 spiro atoms. The number of amidine groups is 1. The van der Waals surface area contributed by atoms with Crippen LogP contribution in [-0.2, 0) is 6.42 Å². The lowest BCUT2D eigenvalue weighted by Crippen LogP contribution is -2.06. The minimum Gasteiger partial charge on any atom is -0.456 e. The van der Waals surface area contributed by atoms with Gasteiger partial charge >= 0.3 is 0 Å². The van der Waals surface area contributed by atoms with Crippen molar-refractivity contribution in [3.8, 4) is 22.3 Å². The number of benzene rings is 9. The quantitative estimate of drug-likeness (QED) is 0.166. The van der Waals surface area contributed by atoms with E-state index in [1.807, 2.05) is 6.07 Å². The van der Waals surface area contributed by atoms with Gasteiger partial charge in [0.25, 0.3) is 0 Å². The molecule has 0 fully saturated rings. The Labute approximate surface area is 329 Å². The van der Waals surface area contributed by atoms with Crippen LogP contribution in [0.2, 0.25) is 0 Å². The van der Waals surface area contributed by atoms with Crippen molar-refractivity contribution in [1.29, 1.82) is 0 Å². The number of furan rings is 1. The van der Waals surface area contributed by atoms with Crippen molar-refractivity contribution >= 4 is 71.5 Å². The zero-order valence-corrected chi connectivity index (χ0v) is 31.0. The lowest BCUT2D eigenvalue weighted by atomic mass is 9.92. The highest BCUT2D eigenvalue weighted by Crippen LogP contribution is 2.45. The standard InChI is InChI=1S/C54H34N2O/c1-2-12-34(13-3-1)49-25-26-50(38-23-24-43-37(28-38)22-21-33-11-6-7-16-41(33)43)56-54(55-49)48-31-40(32-52-53(48)45-17-8-9-20-51(45)57-52)42-18-10-19-44-46-29-36-15-5-4-14-35(36)27-39(46)30-47(42)44/h1-24,26-29,31-32H,25,30H2. The van der Waals surface area contributed by atoms with E-state index in [0.29, 0.717) is 12.3 Å². The number of aliphatic imine (C=N–C) groups is 2. The minimum absolute atomic E-state index is 0.649. The van der Waals surface area contributed by atoms with E-state index in [1.54, 1.807) is 0 Å². The van der Waals surface area contributed by atoms with Gasteiger partial charge in [0.05, 0.1) is 11.4 Å². The number of allylic oxidation sites excluding steroid dienone is 1. The molecule has 3 heteroatoms. The van der Waals surface area contributed by atoms with Gasteiger partial charge in [-0.05, 0) is 108 Å². The summed E-state index contributed by atoms with van der Waals surface area (Å²) in [6.07, 6.45) is 3.76. The summed E-state index contributed by atoms with van der Waals surface area (Å²) in [4.78, 5) is 11.0. The number of nitrogens with zero attached hydrogens (tertiary/aromatic N) is 2. The highest BCUT2D eigenvalue weighted by molar-refractivity contribution is 6.24. The Morgan fingerprint density at radius 1 is 0.421 bits per heavy atom. The van der Waals surface area contributed by atoms with E-state index in [4.69, 9.17) is 14.4 Å². The third-order valence-electron chi connectivity index (χ3n) is 11.9. The molecule has 0 amide bonds. The van der Waals surface area contributed by atoms with Crippen molar-refractivity contribution in [2.24, 2.45) is 9.98 Å². The van der Waals surface area contributed by atoms with Crippen molar-refractivity contribution in [3.63, 3.8) is 0 Å².